The fourth-order valence-electron chi connectivity index (χ4n) is 3.93. The van der Waals surface area contributed by atoms with Gasteiger partial charge in [0, 0.05) is 31.4 Å². The van der Waals surface area contributed by atoms with Crippen molar-refractivity contribution in [1.82, 2.24) is 14.7 Å². The molecule has 24 heavy (non-hydrogen) atoms. The molecule has 0 radical (unpaired) electrons. The van der Waals surface area contributed by atoms with Crippen LogP contribution in [0.5, 0.6) is 0 Å². The molecule has 1 saturated heterocycles. The molecule has 1 aliphatic heterocycles. The number of aryl methyl sites for hydroxylation is 1. The van der Waals surface area contributed by atoms with Gasteiger partial charge >= 0.3 is 0 Å². The summed E-state index contributed by atoms with van der Waals surface area (Å²) in [5.41, 5.74) is 2.03. The lowest BCUT2D eigenvalue weighted by atomic mass is 9.94. The highest BCUT2D eigenvalue weighted by atomic mass is 35.5. The van der Waals surface area contributed by atoms with Crippen molar-refractivity contribution in [3.8, 4) is 0 Å². The molecule has 2 fully saturated rings. The topological polar surface area (TPSA) is 38.1 Å². The minimum absolute atomic E-state index is 0.290. The first-order valence-electron chi connectivity index (χ1n) is 8.60. The summed E-state index contributed by atoms with van der Waals surface area (Å²) < 4.78 is 1.84. The number of aromatic nitrogens is 2. The van der Waals surface area contributed by atoms with Crippen LogP contribution in [0.2, 0.25) is 5.02 Å². The highest BCUT2D eigenvalue weighted by Crippen LogP contribution is 2.50. The molecule has 5 heteroatoms. The number of carbonyl (C=O) groups is 1. The van der Waals surface area contributed by atoms with Crippen molar-refractivity contribution in [2.45, 2.75) is 31.1 Å². The second kappa shape index (κ2) is 5.92. The summed E-state index contributed by atoms with van der Waals surface area (Å²) in [5.74, 6) is 0.826. The average molecular weight is 344 g/mol. The molecule has 2 aliphatic rings. The maximum atomic E-state index is 13.1. The molecule has 1 aromatic heterocycles. The lowest BCUT2D eigenvalue weighted by molar-refractivity contribution is -0.133. The fourth-order valence-corrected chi connectivity index (χ4v) is 4.12. The van der Waals surface area contributed by atoms with E-state index in [0.29, 0.717) is 16.8 Å². The van der Waals surface area contributed by atoms with Crippen molar-refractivity contribution in [3.63, 3.8) is 0 Å². The Morgan fingerprint density at radius 2 is 2.25 bits per heavy atom. The second-order valence-electron chi connectivity index (χ2n) is 7.22. The first kappa shape index (κ1) is 15.7. The first-order chi connectivity index (χ1) is 11.6. The standard InChI is InChI=1S/C19H22ClN3O/c1-22-12-15(11-21-22)9-14-5-8-23(13-14)18(24)19(6-7-19)16-3-2-4-17(20)10-16/h2-4,10-12,14H,5-9,13H2,1H3. The molecule has 2 aromatic rings. The molecule has 1 saturated carbocycles. The summed E-state index contributed by atoms with van der Waals surface area (Å²) in [6, 6.07) is 7.81. The minimum Gasteiger partial charge on any atom is -0.342 e. The molecular weight excluding hydrogens is 322 g/mol. The van der Waals surface area contributed by atoms with Gasteiger partial charge in [0.1, 0.15) is 0 Å². The van der Waals surface area contributed by atoms with Crippen LogP contribution in [0.25, 0.3) is 0 Å². The minimum atomic E-state index is -0.311. The van der Waals surface area contributed by atoms with E-state index in [9.17, 15) is 4.79 Å². The average Bonchev–Trinajstić information content (AvgIpc) is 3.09. The predicted octanol–water partition coefficient (Wildman–Crippen LogP) is 3.20. The van der Waals surface area contributed by atoms with Crippen LogP contribution in [0.1, 0.15) is 30.4 Å². The summed E-state index contributed by atoms with van der Waals surface area (Å²) in [4.78, 5) is 15.2. The molecule has 0 spiro atoms. The third kappa shape index (κ3) is 2.84. The summed E-state index contributed by atoms with van der Waals surface area (Å²) in [6.45, 7) is 1.72. The molecule has 2 heterocycles. The Labute approximate surface area is 147 Å². The van der Waals surface area contributed by atoms with Gasteiger partial charge in [-0.25, -0.2) is 0 Å². The van der Waals surface area contributed by atoms with Crippen LogP contribution < -0.4 is 0 Å². The summed E-state index contributed by atoms with van der Waals surface area (Å²) >= 11 is 6.13. The van der Waals surface area contributed by atoms with Crippen molar-refractivity contribution in [2.24, 2.45) is 13.0 Å². The maximum absolute atomic E-state index is 13.1. The number of hydrogen-bond acceptors (Lipinski definition) is 2. The lowest BCUT2D eigenvalue weighted by Crippen LogP contribution is -2.38. The molecule has 1 aliphatic carbocycles. The van der Waals surface area contributed by atoms with E-state index in [1.807, 2.05) is 42.2 Å². The van der Waals surface area contributed by atoms with E-state index in [2.05, 4.69) is 16.2 Å². The van der Waals surface area contributed by atoms with Gasteiger partial charge in [-0.05, 0) is 54.9 Å². The Kier molecular flexibility index (Phi) is 3.87. The number of benzene rings is 1. The smallest absolute Gasteiger partial charge is 0.233 e. The van der Waals surface area contributed by atoms with Crippen LogP contribution in [0.3, 0.4) is 0 Å². The van der Waals surface area contributed by atoms with Crippen molar-refractivity contribution in [2.75, 3.05) is 13.1 Å². The monoisotopic (exact) mass is 343 g/mol. The molecule has 4 nitrogen and oxygen atoms in total. The van der Waals surface area contributed by atoms with E-state index in [0.717, 1.165) is 44.3 Å². The van der Waals surface area contributed by atoms with Gasteiger partial charge in [-0.15, -0.1) is 0 Å². The van der Waals surface area contributed by atoms with Gasteiger partial charge < -0.3 is 4.90 Å². The van der Waals surface area contributed by atoms with Gasteiger partial charge in [-0.3, -0.25) is 9.48 Å². The Hall–Kier alpha value is -1.81. The maximum Gasteiger partial charge on any atom is 0.233 e. The zero-order valence-corrected chi connectivity index (χ0v) is 14.7. The zero-order valence-electron chi connectivity index (χ0n) is 13.9. The molecule has 0 bridgehead atoms. The highest BCUT2D eigenvalue weighted by Gasteiger charge is 2.53. The normalized spacial score (nSPS) is 21.9. The molecule has 0 N–H and O–H groups in total. The van der Waals surface area contributed by atoms with Crippen molar-refractivity contribution >= 4 is 17.5 Å². The largest absolute Gasteiger partial charge is 0.342 e. The van der Waals surface area contributed by atoms with Crippen molar-refractivity contribution in [3.05, 3.63) is 52.8 Å². The van der Waals surface area contributed by atoms with E-state index in [1.165, 1.54) is 5.56 Å². The van der Waals surface area contributed by atoms with E-state index >= 15 is 0 Å². The van der Waals surface area contributed by atoms with Crippen LogP contribution in [0, 0.1) is 5.92 Å². The van der Waals surface area contributed by atoms with Gasteiger partial charge in [0.2, 0.25) is 5.91 Å². The summed E-state index contributed by atoms with van der Waals surface area (Å²) in [5, 5.41) is 4.94. The second-order valence-corrected chi connectivity index (χ2v) is 7.66. The van der Waals surface area contributed by atoms with Gasteiger partial charge in [0.25, 0.3) is 0 Å². The third-order valence-electron chi connectivity index (χ3n) is 5.39. The fraction of sp³-hybridized carbons (Fsp3) is 0.474. The third-order valence-corrected chi connectivity index (χ3v) is 5.63. The Morgan fingerprint density at radius 3 is 2.92 bits per heavy atom. The zero-order chi connectivity index (χ0) is 16.7. The number of rotatable bonds is 4. The van der Waals surface area contributed by atoms with E-state index < -0.39 is 0 Å². The number of carbonyl (C=O) groups excluding carboxylic acids is 1. The lowest BCUT2D eigenvalue weighted by Gasteiger charge is -2.24. The summed E-state index contributed by atoms with van der Waals surface area (Å²) in [6.07, 6.45) is 7.96. The number of amides is 1. The van der Waals surface area contributed by atoms with Gasteiger partial charge in [-0.1, -0.05) is 23.7 Å². The van der Waals surface area contributed by atoms with Crippen LogP contribution in [-0.2, 0) is 23.7 Å². The number of halogens is 1. The van der Waals surface area contributed by atoms with Gasteiger partial charge in [0.15, 0.2) is 0 Å². The summed E-state index contributed by atoms with van der Waals surface area (Å²) in [7, 11) is 1.94. The van der Waals surface area contributed by atoms with E-state index in [4.69, 9.17) is 11.6 Å². The Bertz CT molecular complexity index is 765. The van der Waals surface area contributed by atoms with Crippen molar-refractivity contribution in [1.29, 1.82) is 0 Å². The van der Waals surface area contributed by atoms with Crippen molar-refractivity contribution < 1.29 is 4.79 Å². The molecule has 1 amide bonds. The predicted molar refractivity (Wildman–Crippen MR) is 94.0 cm³/mol. The van der Waals surface area contributed by atoms with Gasteiger partial charge in [-0.2, -0.15) is 5.10 Å². The first-order valence-corrected chi connectivity index (χ1v) is 8.97. The Morgan fingerprint density at radius 1 is 1.42 bits per heavy atom. The highest BCUT2D eigenvalue weighted by molar-refractivity contribution is 6.30. The number of likely N-dealkylation sites (tertiary alicyclic amines) is 1. The molecule has 1 atom stereocenters. The molecule has 1 unspecified atom stereocenters. The molecule has 126 valence electrons. The molecule has 4 rings (SSSR count). The number of nitrogens with zero attached hydrogens (tertiary/aromatic N) is 3. The van der Waals surface area contributed by atoms with Crippen LogP contribution >= 0.6 is 11.6 Å². The molecular formula is C19H22ClN3O. The number of hydrogen-bond donors (Lipinski definition) is 0. The van der Waals surface area contributed by atoms with E-state index in [1.54, 1.807) is 0 Å². The SMILES string of the molecule is Cn1cc(CC2CCN(C(=O)C3(c4cccc(Cl)c4)CC3)C2)cn1. The quantitative estimate of drug-likeness (QED) is 0.855. The van der Waals surface area contributed by atoms with Crippen LogP contribution in [-0.4, -0.2) is 33.7 Å². The van der Waals surface area contributed by atoms with Crippen LogP contribution in [0.4, 0.5) is 0 Å². The Balaban J connectivity index is 1.44. The van der Waals surface area contributed by atoms with E-state index in [-0.39, 0.29) is 5.41 Å². The van der Waals surface area contributed by atoms with Crippen LogP contribution in [0.15, 0.2) is 36.7 Å². The molecule has 1 aromatic carbocycles. The van der Waals surface area contributed by atoms with Gasteiger partial charge in [0.05, 0.1) is 11.6 Å².